The Kier molecular flexibility index (Phi) is 3.40. The smallest absolute Gasteiger partial charge is 0.00458 e. The summed E-state index contributed by atoms with van der Waals surface area (Å²) in [5.41, 5.74) is 6.42. The molecule has 0 aliphatic heterocycles. The van der Waals surface area contributed by atoms with Crippen LogP contribution in [0.25, 0.3) is 0 Å². The van der Waals surface area contributed by atoms with E-state index in [4.69, 9.17) is 0 Å². The van der Waals surface area contributed by atoms with E-state index in [1.54, 1.807) is 5.57 Å². The normalized spacial score (nSPS) is 31.2. The lowest BCUT2D eigenvalue weighted by Gasteiger charge is -2.36. The largest absolute Gasteiger partial charge is 0.0985 e. The van der Waals surface area contributed by atoms with Gasteiger partial charge in [-0.15, -0.1) is 0 Å². The molecular formula is C18H26. The maximum atomic E-state index is 4.06. The Morgan fingerprint density at radius 3 is 2.50 bits per heavy atom. The molecule has 2 unspecified atom stereocenters. The molecule has 0 saturated heterocycles. The third-order valence-electron chi connectivity index (χ3n) is 5.00. The second kappa shape index (κ2) is 4.57. The average molecular weight is 242 g/mol. The molecule has 2 aliphatic rings. The van der Waals surface area contributed by atoms with Gasteiger partial charge in [-0.2, -0.15) is 0 Å². The van der Waals surface area contributed by atoms with Crippen LogP contribution in [0.5, 0.6) is 0 Å². The van der Waals surface area contributed by atoms with Gasteiger partial charge in [0.15, 0.2) is 0 Å². The van der Waals surface area contributed by atoms with Crippen LogP contribution in [0.2, 0.25) is 0 Å². The first-order valence-corrected chi connectivity index (χ1v) is 7.11. The third-order valence-corrected chi connectivity index (χ3v) is 5.00. The Bertz CT molecular complexity index is 454. The van der Waals surface area contributed by atoms with Gasteiger partial charge in [0.1, 0.15) is 0 Å². The van der Waals surface area contributed by atoms with Crippen molar-refractivity contribution in [2.45, 2.75) is 47.5 Å². The lowest BCUT2D eigenvalue weighted by Crippen LogP contribution is -2.24. The van der Waals surface area contributed by atoms with Crippen molar-refractivity contribution in [1.29, 1.82) is 0 Å². The van der Waals surface area contributed by atoms with Gasteiger partial charge in [-0.3, -0.25) is 0 Å². The Hall–Kier alpha value is -1.04. The Labute approximate surface area is 112 Å². The van der Waals surface area contributed by atoms with Crippen LogP contribution in [0.3, 0.4) is 0 Å². The van der Waals surface area contributed by atoms with E-state index in [1.807, 2.05) is 0 Å². The van der Waals surface area contributed by atoms with Crippen LogP contribution < -0.4 is 0 Å². The maximum Gasteiger partial charge on any atom is 0.00458 e. The van der Waals surface area contributed by atoms with Gasteiger partial charge in [-0.05, 0) is 56.1 Å². The number of allylic oxidation sites excluding steroid dienone is 7. The van der Waals surface area contributed by atoms with Crippen LogP contribution in [0.4, 0.5) is 0 Å². The molecule has 2 atom stereocenters. The molecule has 0 aromatic heterocycles. The van der Waals surface area contributed by atoms with Gasteiger partial charge in [0, 0.05) is 5.92 Å². The van der Waals surface area contributed by atoms with Crippen LogP contribution in [-0.2, 0) is 0 Å². The zero-order valence-electron chi connectivity index (χ0n) is 12.5. The summed E-state index contributed by atoms with van der Waals surface area (Å²) in [7, 11) is 0. The van der Waals surface area contributed by atoms with Gasteiger partial charge in [-0.25, -0.2) is 0 Å². The van der Waals surface area contributed by atoms with Crippen LogP contribution >= 0.6 is 0 Å². The van der Waals surface area contributed by atoms with E-state index >= 15 is 0 Å². The van der Waals surface area contributed by atoms with Crippen molar-refractivity contribution in [3.05, 3.63) is 47.1 Å². The summed E-state index contributed by atoms with van der Waals surface area (Å²) >= 11 is 0. The number of rotatable bonds is 2. The van der Waals surface area contributed by atoms with Gasteiger partial charge < -0.3 is 0 Å². The highest BCUT2D eigenvalue weighted by Crippen LogP contribution is 2.55. The minimum absolute atomic E-state index is 0.343. The second-order valence-corrected chi connectivity index (χ2v) is 6.42. The fourth-order valence-corrected chi connectivity index (χ4v) is 3.94. The number of hydrogen-bond donors (Lipinski definition) is 0. The fourth-order valence-electron chi connectivity index (χ4n) is 3.94. The van der Waals surface area contributed by atoms with Gasteiger partial charge in [0.05, 0.1) is 0 Å². The van der Waals surface area contributed by atoms with Crippen LogP contribution in [0, 0.1) is 17.3 Å². The van der Waals surface area contributed by atoms with E-state index in [-0.39, 0.29) is 0 Å². The Balaban J connectivity index is 2.63. The highest BCUT2D eigenvalue weighted by Gasteiger charge is 2.43. The topological polar surface area (TPSA) is 0 Å². The molecule has 0 spiro atoms. The fraction of sp³-hybridized carbons (Fsp3) is 0.556. The Morgan fingerprint density at radius 2 is 1.94 bits per heavy atom. The van der Waals surface area contributed by atoms with E-state index in [1.165, 1.54) is 29.6 Å². The first-order valence-electron chi connectivity index (χ1n) is 7.11. The van der Waals surface area contributed by atoms with Crippen molar-refractivity contribution in [2.75, 3.05) is 0 Å². The average Bonchev–Trinajstić information content (AvgIpc) is 2.62. The number of hydrogen-bond acceptors (Lipinski definition) is 0. The van der Waals surface area contributed by atoms with Crippen molar-refractivity contribution in [2.24, 2.45) is 17.3 Å². The van der Waals surface area contributed by atoms with Crippen molar-refractivity contribution in [1.82, 2.24) is 0 Å². The van der Waals surface area contributed by atoms with Gasteiger partial charge in [0.25, 0.3) is 0 Å². The van der Waals surface area contributed by atoms with E-state index in [0.29, 0.717) is 17.3 Å². The molecule has 98 valence electrons. The SMILES string of the molecule is C=CC1=C2C(CCC2(C)C)C(/C=C\C)C(C)=C1C. The van der Waals surface area contributed by atoms with E-state index in [2.05, 4.69) is 59.4 Å². The maximum absolute atomic E-state index is 4.06. The van der Waals surface area contributed by atoms with E-state index in [9.17, 15) is 0 Å². The molecule has 1 fully saturated rings. The predicted molar refractivity (Wildman–Crippen MR) is 80.4 cm³/mol. The lowest BCUT2D eigenvalue weighted by atomic mass is 9.69. The molecule has 0 heteroatoms. The van der Waals surface area contributed by atoms with Crippen LogP contribution in [0.1, 0.15) is 47.5 Å². The van der Waals surface area contributed by atoms with Gasteiger partial charge in [-0.1, -0.05) is 49.8 Å². The molecule has 2 aliphatic carbocycles. The summed E-state index contributed by atoms with van der Waals surface area (Å²) in [5, 5.41) is 0. The molecule has 2 rings (SSSR count). The molecule has 0 nitrogen and oxygen atoms in total. The molecule has 1 saturated carbocycles. The van der Waals surface area contributed by atoms with Gasteiger partial charge in [0.2, 0.25) is 0 Å². The minimum Gasteiger partial charge on any atom is -0.0985 e. The molecule has 0 aromatic carbocycles. The molecule has 0 aromatic rings. The summed E-state index contributed by atoms with van der Waals surface area (Å²) in [6.07, 6.45) is 9.31. The summed E-state index contributed by atoms with van der Waals surface area (Å²) < 4.78 is 0. The third kappa shape index (κ3) is 1.83. The first-order chi connectivity index (χ1) is 8.44. The van der Waals surface area contributed by atoms with Crippen molar-refractivity contribution in [3.63, 3.8) is 0 Å². The van der Waals surface area contributed by atoms with Crippen molar-refractivity contribution >= 4 is 0 Å². The van der Waals surface area contributed by atoms with E-state index < -0.39 is 0 Å². The molecule has 0 bridgehead atoms. The first kappa shape index (κ1) is 13.4. The summed E-state index contributed by atoms with van der Waals surface area (Å²) in [6, 6.07) is 0. The zero-order chi connectivity index (χ0) is 13.5. The molecule has 0 N–H and O–H groups in total. The van der Waals surface area contributed by atoms with Gasteiger partial charge >= 0.3 is 0 Å². The highest BCUT2D eigenvalue weighted by molar-refractivity contribution is 5.53. The monoisotopic (exact) mass is 242 g/mol. The van der Waals surface area contributed by atoms with Crippen molar-refractivity contribution < 1.29 is 0 Å². The zero-order valence-corrected chi connectivity index (χ0v) is 12.5. The Morgan fingerprint density at radius 1 is 1.28 bits per heavy atom. The quantitative estimate of drug-likeness (QED) is 0.565. The number of fused-ring (bicyclic) bond motifs is 1. The van der Waals surface area contributed by atoms with Crippen LogP contribution in [0.15, 0.2) is 47.1 Å². The lowest BCUT2D eigenvalue weighted by molar-refractivity contribution is 0.452. The van der Waals surface area contributed by atoms with Crippen LogP contribution in [-0.4, -0.2) is 0 Å². The standard InChI is InChI=1S/C18H26/c1-7-9-15-13(4)12(3)14(8-2)17-16(15)10-11-18(17,5)6/h7-9,15-16H,2,10-11H2,1,3-6H3/b9-7-. The summed E-state index contributed by atoms with van der Waals surface area (Å²) in [4.78, 5) is 0. The summed E-state index contributed by atoms with van der Waals surface area (Å²) in [6.45, 7) is 15.5. The molecular weight excluding hydrogens is 216 g/mol. The predicted octanol–water partition coefficient (Wildman–Crippen LogP) is 5.45. The molecule has 0 heterocycles. The minimum atomic E-state index is 0.343. The highest BCUT2D eigenvalue weighted by atomic mass is 14.5. The second-order valence-electron chi connectivity index (χ2n) is 6.42. The van der Waals surface area contributed by atoms with Crippen molar-refractivity contribution in [3.8, 4) is 0 Å². The molecule has 0 radical (unpaired) electrons. The van der Waals surface area contributed by atoms with E-state index in [0.717, 1.165) is 0 Å². The molecule has 18 heavy (non-hydrogen) atoms. The summed E-state index contributed by atoms with van der Waals surface area (Å²) in [5.74, 6) is 1.31. The molecule has 0 amide bonds.